The van der Waals surface area contributed by atoms with Crippen LogP contribution in [0.3, 0.4) is 0 Å². The van der Waals surface area contributed by atoms with Gasteiger partial charge in [0, 0.05) is 13.0 Å². The van der Waals surface area contributed by atoms with Gasteiger partial charge in [-0.1, -0.05) is 0 Å². The summed E-state index contributed by atoms with van der Waals surface area (Å²) >= 11 is 0. The van der Waals surface area contributed by atoms with E-state index in [9.17, 15) is 18.0 Å². The molecule has 3 nitrogen and oxygen atoms in total. The molecule has 90 valence electrons. The van der Waals surface area contributed by atoms with E-state index in [2.05, 4.69) is 5.32 Å². The maximum Gasteiger partial charge on any atom is 0.393 e. The maximum atomic E-state index is 12.6. The molecule has 0 aromatic carbocycles. The van der Waals surface area contributed by atoms with Crippen LogP contribution >= 0.6 is 0 Å². The third-order valence-electron chi connectivity index (χ3n) is 2.84. The van der Waals surface area contributed by atoms with Crippen LogP contribution in [-0.2, 0) is 4.79 Å². The molecular weight excluding hydrogens is 221 g/mol. The SMILES string of the molecule is CC(=O)NC1CCC(C#N)C(C(F)(F)F)C1. The summed E-state index contributed by atoms with van der Waals surface area (Å²) in [6.07, 6.45) is -3.94. The van der Waals surface area contributed by atoms with Crippen molar-refractivity contribution in [1.82, 2.24) is 5.32 Å². The van der Waals surface area contributed by atoms with Crippen LogP contribution in [0.5, 0.6) is 0 Å². The Hall–Kier alpha value is -1.25. The average molecular weight is 234 g/mol. The van der Waals surface area contributed by atoms with Crippen LogP contribution in [0.15, 0.2) is 0 Å². The van der Waals surface area contributed by atoms with Gasteiger partial charge in [0.05, 0.1) is 17.9 Å². The molecule has 0 bridgehead atoms. The number of amides is 1. The van der Waals surface area contributed by atoms with E-state index in [0.29, 0.717) is 6.42 Å². The lowest BCUT2D eigenvalue weighted by Gasteiger charge is -2.34. The summed E-state index contributed by atoms with van der Waals surface area (Å²) in [4.78, 5) is 10.8. The van der Waals surface area contributed by atoms with E-state index in [-0.39, 0.29) is 18.7 Å². The van der Waals surface area contributed by atoms with Gasteiger partial charge in [-0.15, -0.1) is 0 Å². The molecular formula is C10H13F3N2O. The lowest BCUT2D eigenvalue weighted by molar-refractivity contribution is -0.192. The van der Waals surface area contributed by atoms with Crippen LogP contribution in [0.1, 0.15) is 26.2 Å². The van der Waals surface area contributed by atoms with Crippen LogP contribution in [0.4, 0.5) is 13.2 Å². The maximum absolute atomic E-state index is 12.6. The first-order chi connectivity index (χ1) is 7.34. The van der Waals surface area contributed by atoms with E-state index in [4.69, 9.17) is 5.26 Å². The van der Waals surface area contributed by atoms with Crippen molar-refractivity contribution in [3.8, 4) is 6.07 Å². The number of nitrogens with one attached hydrogen (secondary N) is 1. The second kappa shape index (κ2) is 4.73. The van der Waals surface area contributed by atoms with Crippen molar-refractivity contribution in [2.24, 2.45) is 11.8 Å². The number of hydrogen-bond acceptors (Lipinski definition) is 2. The third kappa shape index (κ3) is 3.12. The van der Waals surface area contributed by atoms with Gasteiger partial charge in [-0.05, 0) is 19.3 Å². The van der Waals surface area contributed by atoms with E-state index >= 15 is 0 Å². The van der Waals surface area contributed by atoms with Crippen molar-refractivity contribution in [3.05, 3.63) is 0 Å². The molecule has 1 fully saturated rings. The zero-order chi connectivity index (χ0) is 12.3. The van der Waals surface area contributed by atoms with Crippen molar-refractivity contribution in [2.75, 3.05) is 0 Å². The Labute approximate surface area is 91.6 Å². The highest BCUT2D eigenvalue weighted by atomic mass is 19.4. The third-order valence-corrected chi connectivity index (χ3v) is 2.84. The van der Waals surface area contributed by atoms with Gasteiger partial charge in [0.25, 0.3) is 0 Å². The monoisotopic (exact) mass is 234 g/mol. The summed E-state index contributed by atoms with van der Waals surface area (Å²) in [5.74, 6) is -2.94. The van der Waals surface area contributed by atoms with Gasteiger partial charge in [-0.2, -0.15) is 18.4 Å². The number of rotatable bonds is 1. The predicted octanol–water partition coefficient (Wildman–Crippen LogP) is 1.99. The van der Waals surface area contributed by atoms with Crippen molar-refractivity contribution < 1.29 is 18.0 Å². The highest BCUT2D eigenvalue weighted by Crippen LogP contribution is 2.41. The van der Waals surface area contributed by atoms with E-state index in [1.807, 2.05) is 0 Å². The van der Waals surface area contributed by atoms with Crippen molar-refractivity contribution >= 4 is 5.91 Å². The van der Waals surface area contributed by atoms with Crippen LogP contribution < -0.4 is 5.32 Å². The molecule has 3 unspecified atom stereocenters. The fourth-order valence-corrected chi connectivity index (χ4v) is 2.11. The topological polar surface area (TPSA) is 52.9 Å². The molecule has 16 heavy (non-hydrogen) atoms. The zero-order valence-electron chi connectivity index (χ0n) is 8.84. The molecule has 0 aromatic heterocycles. The Balaban J connectivity index is 2.70. The Morgan fingerprint density at radius 2 is 2.06 bits per heavy atom. The van der Waals surface area contributed by atoms with Crippen LogP contribution in [-0.4, -0.2) is 18.1 Å². The fourth-order valence-electron chi connectivity index (χ4n) is 2.11. The molecule has 0 heterocycles. The Kier molecular flexibility index (Phi) is 3.79. The van der Waals surface area contributed by atoms with Gasteiger partial charge >= 0.3 is 6.18 Å². The number of hydrogen-bond donors (Lipinski definition) is 1. The summed E-state index contributed by atoms with van der Waals surface area (Å²) in [5, 5.41) is 11.1. The van der Waals surface area contributed by atoms with Gasteiger partial charge in [-0.3, -0.25) is 4.79 Å². The molecule has 0 spiro atoms. The summed E-state index contributed by atoms with van der Waals surface area (Å²) in [6, 6.07) is 1.24. The van der Waals surface area contributed by atoms with Crippen LogP contribution in [0.25, 0.3) is 0 Å². The molecule has 3 atom stereocenters. The molecule has 0 radical (unpaired) electrons. The first-order valence-corrected chi connectivity index (χ1v) is 5.08. The summed E-state index contributed by atoms with van der Waals surface area (Å²) in [6.45, 7) is 1.28. The Morgan fingerprint density at radius 1 is 1.44 bits per heavy atom. The zero-order valence-corrected chi connectivity index (χ0v) is 8.84. The number of nitriles is 1. The predicted molar refractivity (Wildman–Crippen MR) is 50.1 cm³/mol. The van der Waals surface area contributed by atoms with Gasteiger partial charge in [-0.25, -0.2) is 0 Å². The average Bonchev–Trinajstić information content (AvgIpc) is 2.15. The molecule has 0 aromatic rings. The van der Waals surface area contributed by atoms with Gasteiger partial charge < -0.3 is 5.32 Å². The lowest BCUT2D eigenvalue weighted by Crippen LogP contribution is -2.44. The molecule has 1 N–H and O–H groups in total. The largest absolute Gasteiger partial charge is 0.393 e. The van der Waals surface area contributed by atoms with Crippen LogP contribution in [0.2, 0.25) is 0 Å². The van der Waals surface area contributed by atoms with Crippen LogP contribution in [0, 0.1) is 23.2 Å². The van der Waals surface area contributed by atoms with Gasteiger partial charge in [0.1, 0.15) is 0 Å². The Bertz CT molecular complexity index is 308. The normalized spacial score (nSPS) is 30.6. The smallest absolute Gasteiger partial charge is 0.354 e. The molecule has 1 aliphatic carbocycles. The number of alkyl halides is 3. The van der Waals surface area contributed by atoms with E-state index in [1.54, 1.807) is 6.07 Å². The minimum atomic E-state index is -4.36. The molecule has 6 heteroatoms. The molecule has 1 aliphatic rings. The highest BCUT2D eigenvalue weighted by molar-refractivity contribution is 5.73. The fraction of sp³-hybridized carbons (Fsp3) is 0.800. The minimum Gasteiger partial charge on any atom is -0.354 e. The number of halogens is 3. The molecule has 1 rings (SSSR count). The summed E-state index contributed by atoms with van der Waals surface area (Å²) < 4.78 is 37.9. The second-order valence-electron chi connectivity index (χ2n) is 4.09. The first-order valence-electron chi connectivity index (χ1n) is 5.08. The molecule has 0 aliphatic heterocycles. The van der Waals surface area contributed by atoms with E-state index < -0.39 is 24.1 Å². The van der Waals surface area contributed by atoms with E-state index in [0.717, 1.165) is 0 Å². The van der Waals surface area contributed by atoms with E-state index in [1.165, 1.54) is 6.92 Å². The number of carbonyl (C=O) groups excluding carboxylic acids is 1. The summed E-state index contributed by atoms with van der Waals surface area (Å²) in [7, 11) is 0. The first kappa shape index (κ1) is 12.8. The quantitative estimate of drug-likeness (QED) is 0.754. The van der Waals surface area contributed by atoms with Crippen molar-refractivity contribution in [1.29, 1.82) is 5.26 Å². The minimum absolute atomic E-state index is 0.186. The molecule has 0 saturated heterocycles. The number of carbonyl (C=O) groups is 1. The standard InChI is InChI=1S/C10H13F3N2O/c1-6(16)15-8-3-2-7(5-14)9(4-8)10(11,12)13/h7-9H,2-4H2,1H3,(H,15,16). The highest BCUT2D eigenvalue weighted by Gasteiger charge is 2.48. The van der Waals surface area contributed by atoms with Crippen molar-refractivity contribution in [2.45, 2.75) is 38.4 Å². The molecule has 1 amide bonds. The Morgan fingerprint density at radius 3 is 2.50 bits per heavy atom. The van der Waals surface area contributed by atoms with Gasteiger partial charge in [0.2, 0.25) is 5.91 Å². The van der Waals surface area contributed by atoms with Crippen molar-refractivity contribution in [3.63, 3.8) is 0 Å². The summed E-state index contributed by atoms with van der Waals surface area (Å²) in [5.41, 5.74) is 0. The second-order valence-corrected chi connectivity index (χ2v) is 4.09. The lowest BCUT2D eigenvalue weighted by atomic mass is 9.77. The number of nitrogens with zero attached hydrogens (tertiary/aromatic N) is 1. The van der Waals surface area contributed by atoms with Gasteiger partial charge in [0.15, 0.2) is 0 Å². The molecule has 1 saturated carbocycles.